The number of carbonyl (C=O) groups is 1. The third-order valence-electron chi connectivity index (χ3n) is 4.87. The molecule has 1 aromatic heterocycles. The summed E-state index contributed by atoms with van der Waals surface area (Å²) in [4.78, 5) is 30.5. The number of ether oxygens (including phenoxy) is 1. The maximum atomic E-state index is 13.1. The average molecular weight is 474 g/mol. The fraction of sp³-hybridized carbons (Fsp3) is 0.375. The molecular weight excluding hydrogens is 446 g/mol. The molecule has 3 aromatic rings. The number of fused-ring (bicyclic) bond motifs is 1. The Hall–Kier alpha value is -2.35. The van der Waals surface area contributed by atoms with E-state index in [4.69, 9.17) is 16.3 Å². The van der Waals surface area contributed by atoms with E-state index in [9.17, 15) is 9.59 Å². The zero-order valence-corrected chi connectivity index (χ0v) is 20.1. The van der Waals surface area contributed by atoms with Gasteiger partial charge in [0.25, 0.3) is 5.56 Å². The van der Waals surface area contributed by atoms with Crippen molar-refractivity contribution >= 4 is 40.2 Å². The summed E-state index contributed by atoms with van der Waals surface area (Å²) < 4.78 is 7.26. The van der Waals surface area contributed by atoms with Crippen LogP contribution in [-0.4, -0.2) is 33.4 Å². The zero-order chi connectivity index (χ0) is 23.1. The number of hydrogen-bond acceptors (Lipinski definition) is 5. The van der Waals surface area contributed by atoms with Crippen LogP contribution in [0.4, 0.5) is 0 Å². The van der Waals surface area contributed by atoms with E-state index < -0.39 is 5.25 Å². The van der Waals surface area contributed by atoms with Crippen molar-refractivity contribution in [2.75, 3.05) is 6.61 Å². The number of carbonyl (C=O) groups excluding carboxylic acids is 1. The van der Waals surface area contributed by atoms with Crippen LogP contribution in [0.25, 0.3) is 10.9 Å². The van der Waals surface area contributed by atoms with Crippen LogP contribution in [0.5, 0.6) is 0 Å². The van der Waals surface area contributed by atoms with Crippen LogP contribution in [0.2, 0.25) is 5.02 Å². The Balaban J connectivity index is 1.76. The number of amides is 1. The Morgan fingerprint density at radius 1 is 1.16 bits per heavy atom. The minimum atomic E-state index is -0.441. The number of aromatic nitrogens is 2. The molecule has 1 amide bonds. The number of hydrogen-bond donors (Lipinski definition) is 1. The molecule has 0 saturated heterocycles. The topological polar surface area (TPSA) is 73.2 Å². The molecule has 3 rings (SSSR count). The first-order valence-electron chi connectivity index (χ1n) is 10.7. The van der Waals surface area contributed by atoms with Gasteiger partial charge in [-0.3, -0.25) is 14.2 Å². The first kappa shape index (κ1) is 24.3. The molecule has 0 spiro atoms. The number of halogens is 1. The van der Waals surface area contributed by atoms with E-state index in [1.807, 2.05) is 50.2 Å². The summed E-state index contributed by atoms with van der Waals surface area (Å²) >= 11 is 7.45. The molecule has 0 aliphatic rings. The highest BCUT2D eigenvalue weighted by Gasteiger charge is 2.19. The Morgan fingerprint density at radius 2 is 1.88 bits per heavy atom. The predicted molar refractivity (Wildman–Crippen MR) is 130 cm³/mol. The molecule has 2 aromatic carbocycles. The van der Waals surface area contributed by atoms with Gasteiger partial charge in [0.1, 0.15) is 0 Å². The Kier molecular flexibility index (Phi) is 8.73. The molecule has 0 bridgehead atoms. The van der Waals surface area contributed by atoms with Crippen LogP contribution in [0.3, 0.4) is 0 Å². The molecule has 0 aliphatic heterocycles. The summed E-state index contributed by atoms with van der Waals surface area (Å²) in [6.07, 6.45) is 0.816. The number of rotatable bonds is 10. The number of thioether (sulfide) groups is 1. The van der Waals surface area contributed by atoms with Crippen molar-refractivity contribution in [3.05, 3.63) is 69.5 Å². The van der Waals surface area contributed by atoms with Crippen LogP contribution in [0, 0.1) is 0 Å². The molecule has 6 nitrogen and oxygen atoms in total. The summed E-state index contributed by atoms with van der Waals surface area (Å²) in [6, 6.07) is 14.7. The molecule has 170 valence electrons. The standard InChI is InChI=1S/C24H28ClN3O3S/c1-16(2)31-14-8-13-28-23(30)19-10-5-7-12-21(19)27-24(28)32-17(3)22(29)26-15-18-9-4-6-11-20(18)25/h4-7,9-12,16-17H,8,13-15H2,1-3H3,(H,26,29). The van der Waals surface area contributed by atoms with Crippen molar-refractivity contribution in [2.45, 2.75) is 56.8 Å². The lowest BCUT2D eigenvalue weighted by Crippen LogP contribution is -2.32. The summed E-state index contributed by atoms with van der Waals surface area (Å²) in [7, 11) is 0. The zero-order valence-electron chi connectivity index (χ0n) is 18.5. The second-order valence-corrected chi connectivity index (χ2v) is 9.43. The van der Waals surface area contributed by atoms with E-state index in [1.54, 1.807) is 23.6 Å². The minimum absolute atomic E-state index is 0.105. The van der Waals surface area contributed by atoms with Crippen LogP contribution >= 0.6 is 23.4 Å². The number of nitrogens with zero attached hydrogens (tertiary/aromatic N) is 2. The highest BCUT2D eigenvalue weighted by atomic mass is 35.5. The van der Waals surface area contributed by atoms with Gasteiger partial charge in [-0.15, -0.1) is 0 Å². The van der Waals surface area contributed by atoms with Crippen molar-refractivity contribution in [1.29, 1.82) is 0 Å². The molecule has 0 radical (unpaired) electrons. The molecule has 1 atom stereocenters. The SMILES string of the molecule is CC(C)OCCCn1c(SC(C)C(=O)NCc2ccccc2Cl)nc2ccccc2c1=O. The smallest absolute Gasteiger partial charge is 0.262 e. The number of benzene rings is 2. The van der Waals surface area contributed by atoms with Gasteiger partial charge in [-0.25, -0.2) is 4.98 Å². The normalized spacial score (nSPS) is 12.3. The summed E-state index contributed by atoms with van der Waals surface area (Å²) in [6.45, 7) is 7.13. The molecule has 1 heterocycles. The van der Waals surface area contributed by atoms with E-state index in [0.29, 0.717) is 47.2 Å². The van der Waals surface area contributed by atoms with Crippen LogP contribution in [-0.2, 0) is 22.6 Å². The van der Waals surface area contributed by atoms with E-state index in [0.717, 1.165) is 5.56 Å². The van der Waals surface area contributed by atoms with Crippen LogP contribution < -0.4 is 10.9 Å². The molecule has 0 fully saturated rings. The summed E-state index contributed by atoms with van der Waals surface area (Å²) in [5.74, 6) is -0.146. The van der Waals surface area contributed by atoms with Crippen molar-refractivity contribution in [2.24, 2.45) is 0 Å². The molecule has 0 saturated carbocycles. The number of nitrogens with one attached hydrogen (secondary N) is 1. The van der Waals surface area contributed by atoms with Crippen LogP contribution in [0.1, 0.15) is 32.8 Å². The van der Waals surface area contributed by atoms with Crippen molar-refractivity contribution < 1.29 is 9.53 Å². The second-order valence-electron chi connectivity index (χ2n) is 7.71. The first-order valence-corrected chi connectivity index (χ1v) is 11.9. The summed E-state index contributed by atoms with van der Waals surface area (Å²) in [5, 5.41) is 4.18. The molecule has 1 N–H and O–H groups in total. The van der Waals surface area contributed by atoms with Crippen LogP contribution in [0.15, 0.2) is 58.5 Å². The van der Waals surface area contributed by atoms with Gasteiger partial charge >= 0.3 is 0 Å². The highest BCUT2D eigenvalue weighted by Crippen LogP contribution is 2.23. The lowest BCUT2D eigenvalue weighted by atomic mass is 10.2. The van der Waals surface area contributed by atoms with Gasteiger partial charge in [0.15, 0.2) is 5.16 Å². The fourth-order valence-corrected chi connectivity index (χ4v) is 4.32. The lowest BCUT2D eigenvalue weighted by molar-refractivity contribution is -0.120. The Morgan fingerprint density at radius 3 is 2.62 bits per heavy atom. The third kappa shape index (κ3) is 6.34. The first-order chi connectivity index (χ1) is 15.4. The van der Waals surface area contributed by atoms with Gasteiger partial charge in [0.05, 0.1) is 22.3 Å². The van der Waals surface area contributed by atoms with Gasteiger partial charge in [-0.1, -0.05) is 53.7 Å². The van der Waals surface area contributed by atoms with E-state index in [1.165, 1.54) is 11.8 Å². The van der Waals surface area contributed by atoms with Gasteiger partial charge in [-0.05, 0) is 51.0 Å². The maximum Gasteiger partial charge on any atom is 0.262 e. The summed E-state index contributed by atoms with van der Waals surface area (Å²) in [5.41, 5.74) is 1.37. The highest BCUT2D eigenvalue weighted by molar-refractivity contribution is 8.00. The monoisotopic (exact) mass is 473 g/mol. The third-order valence-corrected chi connectivity index (χ3v) is 6.33. The predicted octanol–water partition coefficient (Wildman–Crippen LogP) is 4.66. The van der Waals surface area contributed by atoms with Crippen molar-refractivity contribution in [3.8, 4) is 0 Å². The van der Waals surface area contributed by atoms with Gasteiger partial charge in [0, 0.05) is 24.7 Å². The largest absolute Gasteiger partial charge is 0.379 e. The van der Waals surface area contributed by atoms with E-state index >= 15 is 0 Å². The van der Waals surface area contributed by atoms with Gasteiger partial charge in [-0.2, -0.15) is 0 Å². The number of para-hydroxylation sites is 1. The molecule has 32 heavy (non-hydrogen) atoms. The maximum absolute atomic E-state index is 13.1. The van der Waals surface area contributed by atoms with Gasteiger partial charge < -0.3 is 10.1 Å². The Bertz CT molecular complexity index is 1130. The van der Waals surface area contributed by atoms with Crippen molar-refractivity contribution in [3.63, 3.8) is 0 Å². The Labute approximate surface area is 197 Å². The van der Waals surface area contributed by atoms with Gasteiger partial charge in [0.2, 0.25) is 5.91 Å². The minimum Gasteiger partial charge on any atom is -0.379 e. The molecule has 0 aliphatic carbocycles. The average Bonchev–Trinajstić information content (AvgIpc) is 2.77. The van der Waals surface area contributed by atoms with E-state index in [-0.39, 0.29) is 17.6 Å². The fourth-order valence-electron chi connectivity index (χ4n) is 3.16. The quantitative estimate of drug-likeness (QED) is 0.263. The second kappa shape index (κ2) is 11.5. The van der Waals surface area contributed by atoms with Crippen molar-refractivity contribution in [1.82, 2.24) is 14.9 Å². The molecular formula is C24H28ClN3O3S. The molecule has 1 unspecified atom stereocenters. The van der Waals surface area contributed by atoms with E-state index in [2.05, 4.69) is 10.3 Å². The molecule has 8 heteroatoms. The lowest BCUT2D eigenvalue weighted by Gasteiger charge is -2.17.